The zero-order valence-electron chi connectivity index (χ0n) is 13.4. The Kier molecular flexibility index (Phi) is 5.07. The molecule has 0 unspecified atom stereocenters. The van der Waals surface area contributed by atoms with E-state index in [4.69, 9.17) is 10.00 Å². The summed E-state index contributed by atoms with van der Waals surface area (Å²) in [6.45, 7) is 2.16. The van der Waals surface area contributed by atoms with Crippen LogP contribution in [0.3, 0.4) is 0 Å². The molecule has 1 amide bonds. The van der Waals surface area contributed by atoms with Gasteiger partial charge in [0.1, 0.15) is 12.0 Å². The monoisotopic (exact) mass is 338 g/mol. The second kappa shape index (κ2) is 7.41. The van der Waals surface area contributed by atoms with Crippen molar-refractivity contribution in [2.75, 3.05) is 12.4 Å². The van der Waals surface area contributed by atoms with Crippen molar-refractivity contribution in [2.24, 2.45) is 0 Å². The average Bonchev–Trinajstić information content (AvgIpc) is 2.92. The van der Waals surface area contributed by atoms with Gasteiger partial charge in [-0.05, 0) is 40.9 Å². The summed E-state index contributed by atoms with van der Waals surface area (Å²) in [5, 5.41) is 13.3. The first kappa shape index (κ1) is 16.4. The van der Waals surface area contributed by atoms with E-state index in [0.717, 1.165) is 11.8 Å². The van der Waals surface area contributed by atoms with E-state index in [1.807, 2.05) is 36.6 Å². The van der Waals surface area contributed by atoms with E-state index in [1.54, 1.807) is 0 Å². The van der Waals surface area contributed by atoms with Crippen molar-refractivity contribution in [3.05, 3.63) is 59.7 Å². The normalized spacial score (nSPS) is 13.5. The van der Waals surface area contributed by atoms with Crippen LogP contribution < -0.4 is 5.32 Å². The summed E-state index contributed by atoms with van der Waals surface area (Å²) in [5.74, 6) is 0.604. The fraction of sp³-hybridized carbons (Fsp3) is 0.263. The zero-order valence-corrected chi connectivity index (χ0v) is 14.2. The predicted molar refractivity (Wildman–Crippen MR) is 95.7 cm³/mol. The summed E-state index contributed by atoms with van der Waals surface area (Å²) in [6, 6.07) is 16.4. The number of thioether (sulfide) groups is 1. The molecule has 3 rings (SSSR count). The number of ether oxygens (including phenoxy) is 1. The maximum Gasteiger partial charge on any atom is 0.407 e. The van der Waals surface area contributed by atoms with Crippen molar-refractivity contribution in [1.82, 2.24) is 5.32 Å². The molecular weight excluding hydrogens is 320 g/mol. The molecule has 1 N–H and O–H groups in total. The number of thiocyanates is 1. The third kappa shape index (κ3) is 3.39. The fourth-order valence-electron chi connectivity index (χ4n) is 3.05. The first-order valence-corrected chi connectivity index (χ1v) is 8.81. The molecule has 1 aliphatic rings. The number of benzene rings is 2. The number of nitrogens with zero attached hydrogens (tertiary/aromatic N) is 1. The quantitative estimate of drug-likeness (QED) is 0.833. The lowest BCUT2D eigenvalue weighted by Gasteiger charge is -2.16. The summed E-state index contributed by atoms with van der Waals surface area (Å²) < 4.78 is 5.45. The number of carbonyl (C=O) groups excluding carboxylic acids is 1. The molecule has 0 fully saturated rings. The lowest BCUT2D eigenvalue weighted by atomic mass is 9.98. The number of rotatable bonds is 5. The molecule has 0 saturated carbocycles. The maximum atomic E-state index is 12.0. The Morgan fingerprint density at radius 2 is 1.79 bits per heavy atom. The van der Waals surface area contributed by atoms with Gasteiger partial charge in [-0.1, -0.05) is 48.5 Å². The minimum Gasteiger partial charge on any atom is -0.449 e. The van der Waals surface area contributed by atoms with Gasteiger partial charge in [0.15, 0.2) is 0 Å². The van der Waals surface area contributed by atoms with E-state index in [1.165, 1.54) is 22.3 Å². The van der Waals surface area contributed by atoms with E-state index >= 15 is 0 Å². The Labute approximate surface area is 145 Å². The highest BCUT2D eigenvalue weighted by Crippen LogP contribution is 2.44. The Hall–Kier alpha value is -2.45. The van der Waals surface area contributed by atoms with Crippen LogP contribution in [0.2, 0.25) is 0 Å². The number of amides is 1. The SMILES string of the molecule is C[C@@H](CSC#N)NC(=O)OCC1c2ccccc2-c2ccccc21. The number of carbonyl (C=O) groups is 1. The molecule has 0 aliphatic heterocycles. The van der Waals surface area contributed by atoms with Gasteiger partial charge in [-0.25, -0.2) is 4.79 Å². The van der Waals surface area contributed by atoms with Crippen LogP contribution in [0.1, 0.15) is 24.0 Å². The number of alkyl carbamates (subject to hydrolysis) is 1. The van der Waals surface area contributed by atoms with Crippen LogP contribution in [0.25, 0.3) is 11.1 Å². The molecule has 0 radical (unpaired) electrons. The third-order valence-electron chi connectivity index (χ3n) is 4.11. The molecule has 2 aromatic rings. The highest BCUT2D eigenvalue weighted by atomic mass is 32.2. The van der Waals surface area contributed by atoms with Crippen LogP contribution >= 0.6 is 11.8 Å². The highest BCUT2D eigenvalue weighted by molar-refractivity contribution is 8.03. The minimum absolute atomic E-state index is 0.0620. The van der Waals surface area contributed by atoms with Crippen LogP contribution in [0.4, 0.5) is 4.79 Å². The third-order valence-corrected chi connectivity index (χ3v) is 4.90. The molecule has 122 valence electrons. The van der Waals surface area contributed by atoms with Crippen LogP contribution in [0, 0.1) is 10.7 Å². The topological polar surface area (TPSA) is 62.1 Å². The van der Waals surface area contributed by atoms with Crippen molar-refractivity contribution in [3.8, 4) is 16.5 Å². The number of hydrogen-bond donors (Lipinski definition) is 1. The van der Waals surface area contributed by atoms with Gasteiger partial charge in [0.05, 0.1) is 0 Å². The molecule has 0 spiro atoms. The van der Waals surface area contributed by atoms with E-state index in [9.17, 15) is 4.79 Å². The molecule has 4 nitrogen and oxygen atoms in total. The molecule has 5 heteroatoms. The predicted octanol–water partition coefficient (Wildman–Crippen LogP) is 4.13. The van der Waals surface area contributed by atoms with Gasteiger partial charge >= 0.3 is 6.09 Å². The van der Waals surface area contributed by atoms with Gasteiger partial charge in [-0.15, -0.1) is 0 Å². The fourth-order valence-corrected chi connectivity index (χ4v) is 3.45. The highest BCUT2D eigenvalue weighted by Gasteiger charge is 2.29. The second-order valence-corrected chi connectivity index (χ2v) is 6.58. The van der Waals surface area contributed by atoms with Crippen LogP contribution in [-0.4, -0.2) is 24.5 Å². The average molecular weight is 338 g/mol. The van der Waals surface area contributed by atoms with E-state index < -0.39 is 6.09 Å². The second-order valence-electron chi connectivity index (χ2n) is 5.77. The summed E-state index contributed by atoms with van der Waals surface area (Å²) in [4.78, 5) is 12.0. The minimum atomic E-state index is -0.442. The van der Waals surface area contributed by atoms with Gasteiger partial charge in [-0.2, -0.15) is 5.26 Å². The van der Waals surface area contributed by atoms with E-state index in [-0.39, 0.29) is 12.0 Å². The van der Waals surface area contributed by atoms with Gasteiger partial charge in [0.25, 0.3) is 0 Å². The molecular formula is C19H18N2O2S. The molecule has 0 bridgehead atoms. The zero-order chi connectivity index (χ0) is 16.9. The van der Waals surface area contributed by atoms with Gasteiger partial charge in [0, 0.05) is 17.7 Å². The van der Waals surface area contributed by atoms with Gasteiger partial charge in [0.2, 0.25) is 0 Å². The Morgan fingerprint density at radius 3 is 2.38 bits per heavy atom. The van der Waals surface area contributed by atoms with E-state index in [0.29, 0.717) is 12.4 Å². The molecule has 24 heavy (non-hydrogen) atoms. The number of nitriles is 1. The van der Waals surface area contributed by atoms with Crippen LogP contribution in [0.5, 0.6) is 0 Å². The van der Waals surface area contributed by atoms with Crippen molar-refractivity contribution in [3.63, 3.8) is 0 Å². The van der Waals surface area contributed by atoms with Crippen molar-refractivity contribution >= 4 is 17.9 Å². The molecule has 1 atom stereocenters. The smallest absolute Gasteiger partial charge is 0.407 e. The Bertz CT molecular complexity index is 739. The Morgan fingerprint density at radius 1 is 1.21 bits per heavy atom. The molecule has 0 saturated heterocycles. The largest absolute Gasteiger partial charge is 0.449 e. The summed E-state index contributed by atoms with van der Waals surface area (Å²) in [5.41, 5.74) is 4.81. The van der Waals surface area contributed by atoms with Crippen molar-refractivity contribution < 1.29 is 9.53 Å². The number of hydrogen-bond acceptors (Lipinski definition) is 4. The summed E-state index contributed by atoms with van der Waals surface area (Å²) >= 11 is 1.12. The van der Waals surface area contributed by atoms with Crippen LogP contribution in [-0.2, 0) is 4.74 Å². The molecule has 0 heterocycles. The van der Waals surface area contributed by atoms with Gasteiger partial charge in [-0.3, -0.25) is 0 Å². The standard InChI is InChI=1S/C19H18N2O2S/c1-13(11-24-12-20)21-19(22)23-10-18-16-8-4-2-6-14(16)15-7-3-5-9-17(15)18/h2-9,13,18H,10-11H2,1H3,(H,21,22)/t13-/m0/s1. The lowest BCUT2D eigenvalue weighted by Crippen LogP contribution is -2.35. The number of nitrogens with one attached hydrogen (secondary N) is 1. The van der Waals surface area contributed by atoms with Crippen LogP contribution in [0.15, 0.2) is 48.5 Å². The lowest BCUT2D eigenvalue weighted by molar-refractivity contribution is 0.140. The first-order valence-electron chi connectivity index (χ1n) is 7.83. The summed E-state index contributed by atoms with van der Waals surface area (Å²) in [7, 11) is 0. The van der Waals surface area contributed by atoms with Crippen molar-refractivity contribution in [1.29, 1.82) is 5.26 Å². The first-order chi connectivity index (χ1) is 11.7. The molecule has 0 aromatic heterocycles. The van der Waals surface area contributed by atoms with Gasteiger partial charge < -0.3 is 10.1 Å². The molecule has 2 aromatic carbocycles. The Balaban J connectivity index is 1.68. The summed E-state index contributed by atoms with van der Waals surface area (Å²) in [6.07, 6.45) is -0.442. The van der Waals surface area contributed by atoms with Crippen molar-refractivity contribution in [2.45, 2.75) is 18.9 Å². The maximum absolute atomic E-state index is 12.0. The number of fused-ring (bicyclic) bond motifs is 3. The molecule has 1 aliphatic carbocycles. The van der Waals surface area contributed by atoms with E-state index in [2.05, 4.69) is 29.6 Å².